The van der Waals surface area contributed by atoms with Crippen LogP contribution in [0.2, 0.25) is 0 Å². The normalized spacial score (nSPS) is 40.9. The molecular weight excluding hydrogens is 208 g/mol. The molecule has 0 bridgehead atoms. The summed E-state index contributed by atoms with van der Waals surface area (Å²) in [6.07, 6.45) is 2.22. The van der Waals surface area contributed by atoms with Crippen LogP contribution in [0, 0.1) is 11.8 Å². The van der Waals surface area contributed by atoms with Crippen molar-refractivity contribution in [1.29, 1.82) is 0 Å². The SMILES string of the molecule is C[C@H]1OC[C@@H](CC[C@H]2CO[C@@H](C)OC2)CO1. The maximum absolute atomic E-state index is 5.46. The second kappa shape index (κ2) is 5.96. The summed E-state index contributed by atoms with van der Waals surface area (Å²) < 4.78 is 21.9. The van der Waals surface area contributed by atoms with E-state index in [4.69, 9.17) is 18.9 Å². The second-order valence-corrected chi connectivity index (χ2v) is 4.78. The molecule has 0 unspecified atom stereocenters. The van der Waals surface area contributed by atoms with Gasteiger partial charge in [0, 0.05) is 11.8 Å². The number of ether oxygens (including phenoxy) is 4. The smallest absolute Gasteiger partial charge is 0.154 e. The molecule has 0 atom stereocenters. The lowest BCUT2D eigenvalue weighted by molar-refractivity contribution is -0.200. The van der Waals surface area contributed by atoms with Crippen molar-refractivity contribution >= 4 is 0 Å². The Labute approximate surface area is 97.2 Å². The van der Waals surface area contributed by atoms with Gasteiger partial charge in [0.15, 0.2) is 12.6 Å². The van der Waals surface area contributed by atoms with Gasteiger partial charge in [-0.1, -0.05) is 0 Å². The van der Waals surface area contributed by atoms with Gasteiger partial charge in [0.05, 0.1) is 26.4 Å². The third-order valence-corrected chi connectivity index (χ3v) is 3.25. The fraction of sp³-hybridized carbons (Fsp3) is 1.00. The van der Waals surface area contributed by atoms with Gasteiger partial charge in [-0.2, -0.15) is 0 Å². The molecule has 2 aliphatic rings. The summed E-state index contributed by atoms with van der Waals surface area (Å²) in [4.78, 5) is 0. The minimum Gasteiger partial charge on any atom is -0.353 e. The molecule has 2 saturated heterocycles. The predicted octanol–water partition coefficient (Wildman–Crippen LogP) is 1.78. The van der Waals surface area contributed by atoms with E-state index in [0.717, 1.165) is 39.3 Å². The van der Waals surface area contributed by atoms with E-state index in [9.17, 15) is 0 Å². The molecule has 4 heteroatoms. The number of hydrogen-bond acceptors (Lipinski definition) is 4. The van der Waals surface area contributed by atoms with Crippen LogP contribution in [0.4, 0.5) is 0 Å². The van der Waals surface area contributed by atoms with Crippen molar-refractivity contribution in [1.82, 2.24) is 0 Å². The molecule has 0 aromatic carbocycles. The Morgan fingerprint density at radius 2 is 1.00 bits per heavy atom. The molecule has 94 valence electrons. The van der Waals surface area contributed by atoms with Crippen molar-refractivity contribution < 1.29 is 18.9 Å². The molecule has 2 fully saturated rings. The van der Waals surface area contributed by atoms with E-state index in [-0.39, 0.29) is 12.6 Å². The number of hydrogen-bond donors (Lipinski definition) is 0. The van der Waals surface area contributed by atoms with Crippen LogP contribution in [-0.4, -0.2) is 39.0 Å². The first-order valence-corrected chi connectivity index (χ1v) is 6.20. The molecule has 0 amide bonds. The highest BCUT2D eigenvalue weighted by molar-refractivity contribution is 4.67. The zero-order valence-corrected chi connectivity index (χ0v) is 10.2. The summed E-state index contributed by atoms with van der Waals surface area (Å²) in [5.74, 6) is 1.08. The standard InChI is InChI=1S/C12H22O4/c1-9-13-5-11(6-14-9)3-4-12-7-15-10(2)16-8-12/h9-12H,3-8H2,1-2H3/t9-,10-,11+,12+. The Morgan fingerprint density at radius 3 is 1.31 bits per heavy atom. The van der Waals surface area contributed by atoms with Crippen molar-refractivity contribution in [3.63, 3.8) is 0 Å². The molecule has 0 aromatic rings. The molecule has 0 N–H and O–H groups in total. The fourth-order valence-corrected chi connectivity index (χ4v) is 2.08. The topological polar surface area (TPSA) is 36.9 Å². The highest BCUT2D eigenvalue weighted by Gasteiger charge is 2.23. The number of rotatable bonds is 3. The average Bonchev–Trinajstić information content (AvgIpc) is 2.30. The Balaban J connectivity index is 1.60. The molecule has 2 rings (SSSR count). The fourth-order valence-electron chi connectivity index (χ4n) is 2.08. The summed E-state index contributed by atoms with van der Waals surface area (Å²) in [6, 6.07) is 0. The summed E-state index contributed by atoms with van der Waals surface area (Å²) >= 11 is 0. The van der Waals surface area contributed by atoms with Crippen LogP contribution in [0.15, 0.2) is 0 Å². The van der Waals surface area contributed by atoms with Crippen LogP contribution in [0.25, 0.3) is 0 Å². The van der Waals surface area contributed by atoms with Gasteiger partial charge < -0.3 is 18.9 Å². The van der Waals surface area contributed by atoms with Gasteiger partial charge in [0.25, 0.3) is 0 Å². The summed E-state index contributed by atoms with van der Waals surface area (Å²) in [6.45, 7) is 7.19. The summed E-state index contributed by atoms with van der Waals surface area (Å²) in [5.41, 5.74) is 0. The summed E-state index contributed by atoms with van der Waals surface area (Å²) in [7, 11) is 0. The second-order valence-electron chi connectivity index (χ2n) is 4.78. The lowest BCUT2D eigenvalue weighted by Crippen LogP contribution is -2.33. The molecule has 0 radical (unpaired) electrons. The summed E-state index contributed by atoms with van der Waals surface area (Å²) in [5, 5.41) is 0. The predicted molar refractivity (Wildman–Crippen MR) is 58.9 cm³/mol. The van der Waals surface area contributed by atoms with Crippen LogP contribution >= 0.6 is 0 Å². The van der Waals surface area contributed by atoms with Gasteiger partial charge in [-0.15, -0.1) is 0 Å². The molecule has 0 saturated carbocycles. The minimum atomic E-state index is -0.0292. The Morgan fingerprint density at radius 1 is 0.688 bits per heavy atom. The van der Waals surface area contributed by atoms with Crippen molar-refractivity contribution in [3.8, 4) is 0 Å². The molecular formula is C12H22O4. The molecule has 2 heterocycles. The molecule has 4 nitrogen and oxygen atoms in total. The zero-order chi connectivity index (χ0) is 11.4. The Kier molecular flexibility index (Phi) is 4.58. The minimum absolute atomic E-state index is 0.0292. The van der Waals surface area contributed by atoms with E-state index in [2.05, 4.69) is 0 Å². The van der Waals surface area contributed by atoms with E-state index < -0.39 is 0 Å². The van der Waals surface area contributed by atoms with Crippen molar-refractivity contribution in [3.05, 3.63) is 0 Å². The lowest BCUT2D eigenvalue weighted by Gasteiger charge is -2.30. The lowest BCUT2D eigenvalue weighted by atomic mass is 9.97. The maximum Gasteiger partial charge on any atom is 0.154 e. The van der Waals surface area contributed by atoms with Crippen LogP contribution in [0.1, 0.15) is 26.7 Å². The third kappa shape index (κ3) is 3.70. The van der Waals surface area contributed by atoms with Crippen LogP contribution in [0.5, 0.6) is 0 Å². The van der Waals surface area contributed by atoms with E-state index in [1.807, 2.05) is 13.8 Å². The first-order valence-electron chi connectivity index (χ1n) is 6.20. The highest BCUT2D eigenvalue weighted by Crippen LogP contribution is 2.21. The zero-order valence-electron chi connectivity index (χ0n) is 10.2. The largest absolute Gasteiger partial charge is 0.353 e. The van der Waals surface area contributed by atoms with E-state index in [0.29, 0.717) is 11.8 Å². The van der Waals surface area contributed by atoms with Gasteiger partial charge in [0.1, 0.15) is 0 Å². The average molecular weight is 230 g/mol. The van der Waals surface area contributed by atoms with Gasteiger partial charge in [0.2, 0.25) is 0 Å². The van der Waals surface area contributed by atoms with Crippen LogP contribution < -0.4 is 0 Å². The van der Waals surface area contributed by atoms with Gasteiger partial charge >= 0.3 is 0 Å². The van der Waals surface area contributed by atoms with E-state index >= 15 is 0 Å². The molecule has 0 aromatic heterocycles. The first-order chi connectivity index (χ1) is 7.74. The van der Waals surface area contributed by atoms with E-state index in [1.54, 1.807) is 0 Å². The molecule has 0 spiro atoms. The monoisotopic (exact) mass is 230 g/mol. The van der Waals surface area contributed by atoms with Gasteiger partial charge in [-0.25, -0.2) is 0 Å². The third-order valence-electron chi connectivity index (χ3n) is 3.25. The molecule has 16 heavy (non-hydrogen) atoms. The van der Waals surface area contributed by atoms with Crippen LogP contribution in [-0.2, 0) is 18.9 Å². The quantitative estimate of drug-likeness (QED) is 0.740. The van der Waals surface area contributed by atoms with Crippen molar-refractivity contribution in [2.24, 2.45) is 11.8 Å². The highest BCUT2D eigenvalue weighted by atomic mass is 16.7. The van der Waals surface area contributed by atoms with Crippen LogP contribution in [0.3, 0.4) is 0 Å². The maximum atomic E-state index is 5.46. The first kappa shape index (κ1) is 12.3. The molecule has 2 aliphatic heterocycles. The molecule has 0 aliphatic carbocycles. The van der Waals surface area contributed by atoms with Gasteiger partial charge in [-0.05, 0) is 26.7 Å². The van der Waals surface area contributed by atoms with Gasteiger partial charge in [-0.3, -0.25) is 0 Å². The van der Waals surface area contributed by atoms with Crippen molar-refractivity contribution in [2.75, 3.05) is 26.4 Å². The Bertz CT molecular complexity index is 171. The van der Waals surface area contributed by atoms with E-state index in [1.165, 1.54) is 0 Å². The van der Waals surface area contributed by atoms with Crippen molar-refractivity contribution in [2.45, 2.75) is 39.3 Å². The Hall–Kier alpha value is -0.160.